The topological polar surface area (TPSA) is 47.6 Å². The SMILES string of the molecule is COc1cccc(CNC(=O)CCOc2ccc(Cl)cc2)c1. The van der Waals surface area contributed by atoms with Gasteiger partial charge >= 0.3 is 0 Å². The van der Waals surface area contributed by atoms with Gasteiger partial charge in [-0.2, -0.15) is 0 Å². The van der Waals surface area contributed by atoms with Crippen LogP contribution in [0.25, 0.3) is 0 Å². The summed E-state index contributed by atoms with van der Waals surface area (Å²) >= 11 is 5.79. The van der Waals surface area contributed by atoms with Crippen LogP contribution in [-0.2, 0) is 11.3 Å². The first kappa shape index (κ1) is 16.2. The number of hydrogen-bond donors (Lipinski definition) is 1. The van der Waals surface area contributed by atoms with E-state index in [-0.39, 0.29) is 5.91 Å². The Bertz CT molecular complexity index is 614. The van der Waals surface area contributed by atoms with E-state index < -0.39 is 0 Å². The Balaban J connectivity index is 1.70. The molecule has 1 N–H and O–H groups in total. The van der Waals surface area contributed by atoms with Crippen LogP contribution in [0.15, 0.2) is 48.5 Å². The standard InChI is InChI=1S/C17H18ClNO3/c1-21-16-4-2-3-13(11-16)12-19-17(20)9-10-22-15-7-5-14(18)6-8-15/h2-8,11H,9-10,12H2,1H3,(H,19,20). The summed E-state index contributed by atoms with van der Waals surface area (Å²) in [6, 6.07) is 14.6. The first-order valence-corrected chi connectivity index (χ1v) is 7.33. The minimum atomic E-state index is -0.0585. The number of halogens is 1. The van der Waals surface area contributed by atoms with E-state index in [2.05, 4.69) is 5.32 Å². The highest BCUT2D eigenvalue weighted by Gasteiger charge is 2.03. The Labute approximate surface area is 135 Å². The molecule has 0 heterocycles. The Hall–Kier alpha value is -2.20. The predicted octanol–water partition coefficient (Wildman–Crippen LogP) is 3.43. The molecule has 5 heteroatoms. The number of carbonyl (C=O) groups is 1. The zero-order chi connectivity index (χ0) is 15.8. The lowest BCUT2D eigenvalue weighted by Crippen LogP contribution is -2.24. The highest BCUT2D eigenvalue weighted by atomic mass is 35.5. The van der Waals surface area contributed by atoms with Gasteiger partial charge in [0.15, 0.2) is 0 Å². The highest BCUT2D eigenvalue weighted by molar-refractivity contribution is 6.30. The van der Waals surface area contributed by atoms with Gasteiger partial charge in [0.25, 0.3) is 0 Å². The quantitative estimate of drug-likeness (QED) is 0.850. The number of hydrogen-bond acceptors (Lipinski definition) is 3. The Morgan fingerprint density at radius 2 is 1.91 bits per heavy atom. The molecule has 2 rings (SSSR count). The van der Waals surface area contributed by atoms with Crippen LogP contribution in [-0.4, -0.2) is 19.6 Å². The number of carbonyl (C=O) groups excluding carboxylic acids is 1. The van der Waals surface area contributed by atoms with Gasteiger partial charge in [-0.25, -0.2) is 0 Å². The van der Waals surface area contributed by atoms with E-state index in [1.165, 1.54) is 0 Å². The van der Waals surface area contributed by atoms with Crippen LogP contribution in [0.1, 0.15) is 12.0 Å². The van der Waals surface area contributed by atoms with Crippen LogP contribution < -0.4 is 14.8 Å². The Kier molecular flexibility index (Phi) is 6.10. The second-order valence-corrected chi connectivity index (χ2v) is 5.12. The van der Waals surface area contributed by atoms with Gasteiger partial charge < -0.3 is 14.8 Å². The van der Waals surface area contributed by atoms with Crippen molar-refractivity contribution < 1.29 is 14.3 Å². The smallest absolute Gasteiger partial charge is 0.223 e. The lowest BCUT2D eigenvalue weighted by atomic mass is 10.2. The minimum Gasteiger partial charge on any atom is -0.497 e. The largest absolute Gasteiger partial charge is 0.497 e. The van der Waals surface area contributed by atoms with Gasteiger partial charge in [0.05, 0.1) is 20.1 Å². The van der Waals surface area contributed by atoms with Gasteiger partial charge in [-0.05, 0) is 42.0 Å². The molecule has 0 spiro atoms. The molecule has 0 aliphatic carbocycles. The second-order valence-electron chi connectivity index (χ2n) is 4.68. The van der Waals surface area contributed by atoms with Crippen molar-refractivity contribution in [1.82, 2.24) is 5.32 Å². The fourth-order valence-corrected chi connectivity index (χ4v) is 1.99. The molecule has 22 heavy (non-hydrogen) atoms. The Morgan fingerprint density at radius 1 is 1.14 bits per heavy atom. The molecule has 0 unspecified atom stereocenters. The summed E-state index contributed by atoms with van der Waals surface area (Å²) in [5, 5.41) is 3.51. The van der Waals surface area contributed by atoms with Crippen molar-refractivity contribution in [2.45, 2.75) is 13.0 Å². The van der Waals surface area contributed by atoms with Crippen LogP contribution in [0.2, 0.25) is 5.02 Å². The van der Waals surface area contributed by atoms with Gasteiger partial charge in [-0.15, -0.1) is 0 Å². The second kappa shape index (κ2) is 8.29. The van der Waals surface area contributed by atoms with Crippen LogP contribution in [0, 0.1) is 0 Å². The van der Waals surface area contributed by atoms with E-state index in [1.54, 1.807) is 31.4 Å². The van der Waals surface area contributed by atoms with Crippen LogP contribution >= 0.6 is 11.6 Å². The monoisotopic (exact) mass is 319 g/mol. The normalized spacial score (nSPS) is 10.1. The summed E-state index contributed by atoms with van der Waals surface area (Å²) in [6.07, 6.45) is 0.298. The van der Waals surface area contributed by atoms with Crippen molar-refractivity contribution in [1.29, 1.82) is 0 Å². The summed E-state index contributed by atoms with van der Waals surface area (Å²) in [7, 11) is 1.62. The fraction of sp³-hybridized carbons (Fsp3) is 0.235. The lowest BCUT2D eigenvalue weighted by Gasteiger charge is -2.08. The van der Waals surface area contributed by atoms with E-state index >= 15 is 0 Å². The number of amides is 1. The van der Waals surface area contributed by atoms with Crippen molar-refractivity contribution in [3.8, 4) is 11.5 Å². The van der Waals surface area contributed by atoms with Crippen molar-refractivity contribution in [2.24, 2.45) is 0 Å². The molecule has 0 aromatic heterocycles. The molecule has 0 saturated heterocycles. The lowest BCUT2D eigenvalue weighted by molar-refractivity contribution is -0.121. The van der Waals surface area contributed by atoms with Crippen LogP contribution in [0.5, 0.6) is 11.5 Å². The molecule has 2 aromatic carbocycles. The van der Waals surface area contributed by atoms with Crippen molar-refractivity contribution >= 4 is 17.5 Å². The third-order valence-electron chi connectivity index (χ3n) is 3.04. The molecule has 1 amide bonds. The third kappa shape index (κ3) is 5.30. The van der Waals surface area contributed by atoms with Gasteiger partial charge in [0.2, 0.25) is 5.91 Å². The van der Waals surface area contributed by atoms with Crippen LogP contribution in [0.4, 0.5) is 0 Å². The van der Waals surface area contributed by atoms with Crippen LogP contribution in [0.3, 0.4) is 0 Å². The molecule has 4 nitrogen and oxygen atoms in total. The maximum Gasteiger partial charge on any atom is 0.223 e. The van der Waals surface area contributed by atoms with Gasteiger partial charge in [-0.3, -0.25) is 4.79 Å². The van der Waals surface area contributed by atoms with E-state index in [4.69, 9.17) is 21.1 Å². The van der Waals surface area contributed by atoms with Crippen molar-refractivity contribution in [3.63, 3.8) is 0 Å². The molecule has 0 atom stereocenters. The fourth-order valence-electron chi connectivity index (χ4n) is 1.86. The molecule has 116 valence electrons. The van der Waals surface area contributed by atoms with Gasteiger partial charge in [0.1, 0.15) is 11.5 Å². The molecule has 2 aromatic rings. The highest BCUT2D eigenvalue weighted by Crippen LogP contribution is 2.15. The Morgan fingerprint density at radius 3 is 2.64 bits per heavy atom. The molecular weight excluding hydrogens is 302 g/mol. The van der Waals surface area contributed by atoms with E-state index in [0.29, 0.717) is 30.3 Å². The maximum atomic E-state index is 11.8. The minimum absolute atomic E-state index is 0.0585. The van der Waals surface area contributed by atoms with E-state index in [0.717, 1.165) is 11.3 Å². The molecule has 0 radical (unpaired) electrons. The summed E-state index contributed by atoms with van der Waals surface area (Å²) in [4.78, 5) is 11.8. The average Bonchev–Trinajstić information content (AvgIpc) is 2.55. The summed E-state index contributed by atoms with van der Waals surface area (Å²) in [5.41, 5.74) is 0.992. The van der Waals surface area contributed by atoms with Gasteiger partial charge in [-0.1, -0.05) is 23.7 Å². The molecule has 0 aliphatic rings. The third-order valence-corrected chi connectivity index (χ3v) is 3.29. The van der Waals surface area contributed by atoms with Crippen molar-refractivity contribution in [2.75, 3.05) is 13.7 Å². The first-order chi connectivity index (χ1) is 10.7. The zero-order valence-corrected chi connectivity index (χ0v) is 13.1. The average molecular weight is 320 g/mol. The first-order valence-electron chi connectivity index (χ1n) is 6.95. The summed E-state index contributed by atoms with van der Waals surface area (Å²) < 4.78 is 10.6. The number of nitrogens with one attached hydrogen (secondary N) is 1. The molecular formula is C17H18ClNO3. The molecule has 0 fully saturated rings. The van der Waals surface area contributed by atoms with E-state index in [1.807, 2.05) is 24.3 Å². The molecule has 0 aliphatic heterocycles. The predicted molar refractivity (Wildman–Crippen MR) is 86.4 cm³/mol. The zero-order valence-electron chi connectivity index (χ0n) is 12.3. The maximum absolute atomic E-state index is 11.8. The molecule has 0 bridgehead atoms. The summed E-state index contributed by atoms with van der Waals surface area (Å²) in [5.74, 6) is 1.42. The van der Waals surface area contributed by atoms with E-state index in [9.17, 15) is 4.79 Å². The van der Waals surface area contributed by atoms with Gasteiger partial charge in [0, 0.05) is 11.6 Å². The number of rotatable bonds is 7. The number of methoxy groups -OCH3 is 1. The number of benzene rings is 2. The molecule has 0 saturated carbocycles. The number of ether oxygens (including phenoxy) is 2. The summed E-state index contributed by atoms with van der Waals surface area (Å²) in [6.45, 7) is 0.794. The van der Waals surface area contributed by atoms with Crippen molar-refractivity contribution in [3.05, 3.63) is 59.1 Å².